The minimum absolute atomic E-state index is 0.223. The predicted octanol–water partition coefficient (Wildman–Crippen LogP) is 7.11. The summed E-state index contributed by atoms with van der Waals surface area (Å²) in [6.45, 7) is 2.59. The summed E-state index contributed by atoms with van der Waals surface area (Å²) in [5.74, 6) is 0.604. The van der Waals surface area contributed by atoms with Crippen LogP contribution >= 0.6 is 31.9 Å². The molecule has 0 saturated heterocycles. The van der Waals surface area contributed by atoms with Crippen molar-refractivity contribution < 1.29 is 9.13 Å². The minimum atomic E-state index is -0.227. The average Bonchev–Trinajstić information content (AvgIpc) is 3.14. The van der Waals surface area contributed by atoms with E-state index < -0.39 is 0 Å². The number of benzene rings is 3. The summed E-state index contributed by atoms with van der Waals surface area (Å²) < 4.78 is 22.0. The molecule has 6 heteroatoms. The van der Waals surface area contributed by atoms with Gasteiger partial charge in [0.25, 0.3) is 0 Å². The molecule has 3 nitrogen and oxygen atoms in total. The first-order chi connectivity index (χ1) is 14.1. The summed E-state index contributed by atoms with van der Waals surface area (Å²) in [5.41, 5.74) is 3.44. The Labute approximate surface area is 186 Å². The van der Waals surface area contributed by atoms with Crippen LogP contribution < -0.4 is 9.75 Å². The van der Waals surface area contributed by atoms with Gasteiger partial charge in [-0.2, -0.15) is 5.10 Å². The van der Waals surface area contributed by atoms with E-state index in [4.69, 9.17) is 9.84 Å². The second-order valence-corrected chi connectivity index (χ2v) is 8.46. The molecule has 148 valence electrons. The van der Waals surface area contributed by atoms with Crippen LogP contribution in [0.4, 0.5) is 10.1 Å². The van der Waals surface area contributed by atoms with Crippen molar-refractivity contribution in [3.05, 3.63) is 92.6 Å². The van der Waals surface area contributed by atoms with Crippen molar-refractivity contribution in [2.45, 2.75) is 19.4 Å². The molecule has 29 heavy (non-hydrogen) atoms. The lowest BCUT2D eigenvalue weighted by Crippen LogP contribution is -2.20. The van der Waals surface area contributed by atoms with Crippen LogP contribution in [0.2, 0.25) is 0 Å². The van der Waals surface area contributed by atoms with E-state index in [-0.39, 0.29) is 11.9 Å². The molecular weight excluding hydrogens is 499 g/mol. The largest absolute Gasteiger partial charge is 0.494 e. The van der Waals surface area contributed by atoms with Crippen molar-refractivity contribution in [1.29, 1.82) is 0 Å². The van der Waals surface area contributed by atoms with Gasteiger partial charge in [-0.3, -0.25) is 5.01 Å². The van der Waals surface area contributed by atoms with Gasteiger partial charge in [0.1, 0.15) is 11.6 Å². The van der Waals surface area contributed by atoms with Crippen LogP contribution in [0.15, 0.2) is 80.8 Å². The van der Waals surface area contributed by atoms with E-state index in [1.807, 2.05) is 66.5 Å². The Morgan fingerprint density at radius 2 is 1.83 bits per heavy atom. The first-order valence-electron chi connectivity index (χ1n) is 9.36. The molecule has 1 heterocycles. The van der Waals surface area contributed by atoms with Crippen LogP contribution in [0.25, 0.3) is 0 Å². The third-order valence-electron chi connectivity index (χ3n) is 4.83. The fourth-order valence-corrected chi connectivity index (χ4v) is 4.70. The van der Waals surface area contributed by atoms with Gasteiger partial charge in [-0.15, -0.1) is 0 Å². The van der Waals surface area contributed by atoms with Gasteiger partial charge in [0.05, 0.1) is 24.0 Å². The Bertz CT molecular complexity index is 1050. The molecule has 1 atom stereocenters. The number of anilines is 1. The second-order valence-electron chi connectivity index (χ2n) is 6.69. The normalized spacial score (nSPS) is 16.1. The van der Waals surface area contributed by atoms with Crippen LogP contribution in [0, 0.1) is 5.82 Å². The van der Waals surface area contributed by atoms with Gasteiger partial charge in [-0.05, 0) is 76.9 Å². The van der Waals surface area contributed by atoms with E-state index in [0.29, 0.717) is 18.6 Å². The van der Waals surface area contributed by atoms with Crippen molar-refractivity contribution in [2.75, 3.05) is 11.6 Å². The molecule has 0 spiro atoms. The number of ether oxygens (including phenoxy) is 1. The molecule has 0 radical (unpaired) electrons. The molecule has 3 aromatic rings. The second kappa shape index (κ2) is 8.67. The number of nitrogens with zero attached hydrogens (tertiary/aromatic N) is 2. The maximum atomic E-state index is 14.6. The monoisotopic (exact) mass is 516 g/mol. The number of hydrazone groups is 1. The molecule has 0 N–H and O–H groups in total. The molecule has 0 aliphatic carbocycles. The molecule has 3 aromatic carbocycles. The summed E-state index contributed by atoms with van der Waals surface area (Å²) >= 11 is 7.12. The third kappa shape index (κ3) is 4.23. The summed E-state index contributed by atoms with van der Waals surface area (Å²) in [6, 6.07) is 20.5. The molecule has 1 aliphatic rings. The van der Waals surface area contributed by atoms with Crippen molar-refractivity contribution in [1.82, 2.24) is 0 Å². The number of hydrogen-bond donors (Lipinski definition) is 0. The molecular formula is C23H19Br2FN2O. The van der Waals surface area contributed by atoms with E-state index in [2.05, 4.69) is 31.9 Å². The first-order valence-corrected chi connectivity index (χ1v) is 10.9. The quantitative estimate of drug-likeness (QED) is 0.360. The Kier molecular flexibility index (Phi) is 6.01. The lowest BCUT2D eigenvalue weighted by molar-refractivity contribution is 0.340. The standard InChI is InChI=1S/C23H19Br2FN2O/c1-2-29-17-10-7-15(8-11-17)21-14-23(18-5-3-4-6-20(18)26)28(27-21)22-12-9-16(24)13-19(22)25/h3-13,23H,2,14H2,1H3. The number of rotatable bonds is 5. The van der Waals surface area contributed by atoms with Crippen LogP contribution in [0.1, 0.15) is 30.5 Å². The van der Waals surface area contributed by atoms with Crippen LogP contribution in [0.5, 0.6) is 5.75 Å². The maximum absolute atomic E-state index is 14.6. The summed E-state index contributed by atoms with van der Waals surface area (Å²) in [7, 11) is 0. The SMILES string of the molecule is CCOc1ccc(C2=NN(c3ccc(Br)cc3Br)C(c3ccccc3F)C2)cc1. The maximum Gasteiger partial charge on any atom is 0.128 e. The van der Waals surface area contributed by atoms with Gasteiger partial charge < -0.3 is 4.74 Å². The zero-order valence-electron chi connectivity index (χ0n) is 15.8. The van der Waals surface area contributed by atoms with E-state index in [9.17, 15) is 4.39 Å². The van der Waals surface area contributed by atoms with Gasteiger partial charge in [0.2, 0.25) is 0 Å². The fraction of sp³-hybridized carbons (Fsp3) is 0.174. The summed E-state index contributed by atoms with van der Waals surface area (Å²) in [5, 5.41) is 6.79. The van der Waals surface area contributed by atoms with E-state index in [1.165, 1.54) is 6.07 Å². The zero-order valence-corrected chi connectivity index (χ0v) is 19.0. The molecule has 0 saturated carbocycles. The van der Waals surface area contributed by atoms with Gasteiger partial charge in [-0.1, -0.05) is 34.1 Å². The minimum Gasteiger partial charge on any atom is -0.494 e. The van der Waals surface area contributed by atoms with Crippen molar-refractivity contribution >= 4 is 43.3 Å². The van der Waals surface area contributed by atoms with Crippen molar-refractivity contribution in [3.8, 4) is 5.75 Å². The van der Waals surface area contributed by atoms with E-state index in [1.54, 1.807) is 6.07 Å². The molecule has 4 rings (SSSR count). The molecule has 0 fully saturated rings. The summed E-state index contributed by atoms with van der Waals surface area (Å²) in [4.78, 5) is 0. The van der Waals surface area contributed by atoms with Gasteiger partial charge in [0, 0.05) is 20.9 Å². The lowest BCUT2D eigenvalue weighted by atomic mass is 9.97. The third-order valence-corrected chi connectivity index (χ3v) is 5.96. The van der Waals surface area contributed by atoms with Gasteiger partial charge >= 0.3 is 0 Å². The van der Waals surface area contributed by atoms with Crippen LogP contribution in [0.3, 0.4) is 0 Å². The van der Waals surface area contributed by atoms with Gasteiger partial charge in [0.15, 0.2) is 0 Å². The Balaban J connectivity index is 1.75. The molecule has 1 unspecified atom stereocenters. The molecule has 0 amide bonds. The summed E-state index contributed by atoms with van der Waals surface area (Å²) in [6.07, 6.45) is 0.609. The fourth-order valence-electron chi connectivity index (χ4n) is 3.47. The first kappa shape index (κ1) is 20.1. The highest BCUT2D eigenvalue weighted by atomic mass is 79.9. The molecule has 1 aliphatic heterocycles. The Morgan fingerprint density at radius 1 is 1.07 bits per heavy atom. The smallest absolute Gasteiger partial charge is 0.128 e. The van der Waals surface area contributed by atoms with E-state index in [0.717, 1.165) is 31.7 Å². The highest BCUT2D eigenvalue weighted by Crippen LogP contribution is 2.41. The highest BCUT2D eigenvalue weighted by Gasteiger charge is 2.32. The van der Waals surface area contributed by atoms with Crippen molar-refractivity contribution in [2.24, 2.45) is 5.10 Å². The van der Waals surface area contributed by atoms with Crippen molar-refractivity contribution in [3.63, 3.8) is 0 Å². The predicted molar refractivity (Wildman–Crippen MR) is 122 cm³/mol. The lowest BCUT2D eigenvalue weighted by Gasteiger charge is -2.25. The average molecular weight is 518 g/mol. The molecule has 0 bridgehead atoms. The highest BCUT2D eigenvalue weighted by molar-refractivity contribution is 9.11. The van der Waals surface area contributed by atoms with E-state index >= 15 is 0 Å². The Morgan fingerprint density at radius 3 is 2.52 bits per heavy atom. The Hall–Kier alpha value is -2.18. The van der Waals surface area contributed by atoms with Crippen LogP contribution in [-0.2, 0) is 0 Å². The topological polar surface area (TPSA) is 24.8 Å². The van der Waals surface area contributed by atoms with Crippen LogP contribution in [-0.4, -0.2) is 12.3 Å². The zero-order chi connectivity index (χ0) is 20.4. The molecule has 0 aromatic heterocycles. The number of hydrogen-bond acceptors (Lipinski definition) is 3. The number of halogens is 3. The van der Waals surface area contributed by atoms with Gasteiger partial charge in [-0.25, -0.2) is 4.39 Å².